The predicted octanol–water partition coefficient (Wildman–Crippen LogP) is 2.23. The van der Waals surface area contributed by atoms with Crippen LogP contribution in [0.3, 0.4) is 0 Å². The van der Waals surface area contributed by atoms with Crippen molar-refractivity contribution in [2.75, 3.05) is 5.84 Å². The lowest BCUT2D eigenvalue weighted by atomic mass is 10.1. The van der Waals surface area contributed by atoms with Crippen molar-refractivity contribution in [1.82, 2.24) is 9.66 Å². The number of aryl methyl sites for hydroxylation is 1. The van der Waals surface area contributed by atoms with E-state index in [-0.39, 0.29) is 0 Å². The van der Waals surface area contributed by atoms with Gasteiger partial charge >= 0.3 is 0 Å². The Kier molecular flexibility index (Phi) is 2.13. The fourth-order valence-electron chi connectivity index (χ4n) is 1.29. The van der Waals surface area contributed by atoms with E-state index in [9.17, 15) is 0 Å². The van der Waals surface area contributed by atoms with Crippen molar-refractivity contribution < 1.29 is 0 Å². The largest absolute Gasteiger partial charge is 0.337 e. The number of aromatic nitrogens is 2. The molecule has 0 aliphatic carbocycles. The van der Waals surface area contributed by atoms with Crippen LogP contribution in [0.5, 0.6) is 0 Å². The summed E-state index contributed by atoms with van der Waals surface area (Å²) in [6, 6.07) is 8.19. The molecule has 3 nitrogen and oxygen atoms in total. The van der Waals surface area contributed by atoms with Crippen LogP contribution in [0.2, 0.25) is 0 Å². The number of nitrogens with two attached hydrogens (primary N) is 1. The lowest BCUT2D eigenvalue weighted by Crippen LogP contribution is -2.05. The maximum atomic E-state index is 5.59. The second-order valence-electron chi connectivity index (χ2n) is 3.25. The number of nitrogen functional groups attached to an aromatic ring is 1. The summed E-state index contributed by atoms with van der Waals surface area (Å²) in [6.45, 7) is 2.06. The Labute approximate surface area is 87.2 Å². The molecule has 0 bridgehead atoms. The van der Waals surface area contributed by atoms with Crippen LogP contribution in [-0.4, -0.2) is 9.66 Å². The Hall–Kier alpha value is -1.55. The maximum Gasteiger partial charge on any atom is 0.196 e. The molecule has 0 atom stereocenters. The Morgan fingerprint density at radius 3 is 2.43 bits per heavy atom. The standard InChI is InChI=1S/C10H11N3S/c1-7-2-4-8(5-3-7)9-6-13(11)10(14)12-9/h2-6H,11H2,1H3,(H,12,14). The van der Waals surface area contributed by atoms with Crippen molar-refractivity contribution in [2.24, 2.45) is 0 Å². The summed E-state index contributed by atoms with van der Waals surface area (Å²) in [6.07, 6.45) is 1.78. The first-order valence-electron chi connectivity index (χ1n) is 4.30. The number of rotatable bonds is 1. The summed E-state index contributed by atoms with van der Waals surface area (Å²) in [4.78, 5) is 3.03. The molecule has 0 spiro atoms. The third-order valence-corrected chi connectivity index (χ3v) is 2.42. The van der Waals surface area contributed by atoms with E-state index in [2.05, 4.69) is 24.0 Å². The molecule has 0 fully saturated rings. The van der Waals surface area contributed by atoms with Crippen LogP contribution in [0.25, 0.3) is 11.3 Å². The van der Waals surface area contributed by atoms with Crippen molar-refractivity contribution in [2.45, 2.75) is 6.92 Å². The minimum absolute atomic E-state index is 0.528. The van der Waals surface area contributed by atoms with E-state index in [0.29, 0.717) is 4.77 Å². The van der Waals surface area contributed by atoms with Gasteiger partial charge in [0.05, 0.1) is 11.9 Å². The highest BCUT2D eigenvalue weighted by atomic mass is 32.1. The van der Waals surface area contributed by atoms with Gasteiger partial charge in [0.15, 0.2) is 4.77 Å². The molecule has 0 radical (unpaired) electrons. The third-order valence-electron chi connectivity index (χ3n) is 2.11. The Morgan fingerprint density at radius 1 is 1.29 bits per heavy atom. The predicted molar refractivity (Wildman–Crippen MR) is 59.9 cm³/mol. The number of hydrogen-bond donors (Lipinski definition) is 2. The molecule has 0 saturated carbocycles. The summed E-state index contributed by atoms with van der Waals surface area (Å²) >= 11 is 4.98. The van der Waals surface area contributed by atoms with Crippen LogP contribution in [-0.2, 0) is 0 Å². The van der Waals surface area contributed by atoms with Gasteiger partial charge in [0.1, 0.15) is 0 Å². The molecule has 0 unspecified atom stereocenters. The van der Waals surface area contributed by atoms with Gasteiger partial charge in [0, 0.05) is 0 Å². The third kappa shape index (κ3) is 1.56. The number of hydrogen-bond acceptors (Lipinski definition) is 2. The van der Waals surface area contributed by atoms with Gasteiger partial charge in [-0.1, -0.05) is 29.8 Å². The lowest BCUT2D eigenvalue weighted by Gasteiger charge is -1.97. The zero-order valence-electron chi connectivity index (χ0n) is 7.82. The minimum atomic E-state index is 0.528. The second kappa shape index (κ2) is 3.31. The van der Waals surface area contributed by atoms with Gasteiger partial charge in [-0.3, -0.25) is 0 Å². The van der Waals surface area contributed by atoms with E-state index in [1.54, 1.807) is 6.20 Å². The molecule has 1 heterocycles. The first kappa shape index (κ1) is 9.02. The highest BCUT2D eigenvalue weighted by Crippen LogP contribution is 2.16. The van der Waals surface area contributed by atoms with Crippen molar-refractivity contribution in [1.29, 1.82) is 0 Å². The number of nitrogens with one attached hydrogen (secondary N) is 1. The molecule has 4 heteroatoms. The van der Waals surface area contributed by atoms with E-state index >= 15 is 0 Å². The quantitative estimate of drug-likeness (QED) is 0.554. The average Bonchev–Trinajstić information content (AvgIpc) is 2.48. The van der Waals surface area contributed by atoms with Gasteiger partial charge in [-0.2, -0.15) is 0 Å². The molecule has 1 aromatic heterocycles. The first-order valence-corrected chi connectivity index (χ1v) is 4.71. The van der Waals surface area contributed by atoms with Crippen LogP contribution >= 0.6 is 12.2 Å². The zero-order chi connectivity index (χ0) is 10.1. The topological polar surface area (TPSA) is 46.7 Å². The molecular weight excluding hydrogens is 194 g/mol. The van der Waals surface area contributed by atoms with Gasteiger partial charge in [-0.25, -0.2) is 4.68 Å². The van der Waals surface area contributed by atoms with E-state index in [1.807, 2.05) is 12.1 Å². The van der Waals surface area contributed by atoms with E-state index in [0.717, 1.165) is 11.3 Å². The van der Waals surface area contributed by atoms with Crippen molar-refractivity contribution in [3.05, 3.63) is 40.8 Å². The van der Waals surface area contributed by atoms with Crippen molar-refractivity contribution in [3.8, 4) is 11.3 Å². The normalized spacial score (nSPS) is 10.4. The summed E-state index contributed by atoms with van der Waals surface area (Å²) in [5.41, 5.74) is 3.27. The smallest absolute Gasteiger partial charge is 0.196 e. The molecule has 1 aromatic carbocycles. The van der Waals surface area contributed by atoms with Gasteiger partial charge in [0.2, 0.25) is 0 Å². The zero-order valence-corrected chi connectivity index (χ0v) is 8.64. The van der Waals surface area contributed by atoms with Crippen molar-refractivity contribution >= 4 is 12.2 Å². The molecule has 0 aliphatic rings. The highest BCUT2D eigenvalue weighted by molar-refractivity contribution is 7.71. The second-order valence-corrected chi connectivity index (χ2v) is 3.63. The van der Waals surface area contributed by atoms with Gasteiger partial charge in [-0.05, 0) is 24.7 Å². The van der Waals surface area contributed by atoms with Crippen LogP contribution in [0.15, 0.2) is 30.5 Å². The van der Waals surface area contributed by atoms with E-state index < -0.39 is 0 Å². The molecule has 0 amide bonds. The fraction of sp³-hybridized carbons (Fsp3) is 0.100. The number of imidazole rings is 1. The van der Waals surface area contributed by atoms with Crippen LogP contribution < -0.4 is 5.84 Å². The van der Waals surface area contributed by atoms with Crippen LogP contribution in [0, 0.1) is 11.7 Å². The van der Waals surface area contributed by atoms with Crippen LogP contribution in [0.4, 0.5) is 0 Å². The summed E-state index contributed by atoms with van der Waals surface area (Å²) in [5.74, 6) is 5.59. The Balaban J connectivity index is 2.49. The molecule has 0 saturated heterocycles. The molecule has 0 aliphatic heterocycles. The Morgan fingerprint density at radius 2 is 1.93 bits per heavy atom. The number of aromatic amines is 1. The fourth-order valence-corrected chi connectivity index (χ4v) is 1.45. The lowest BCUT2D eigenvalue weighted by molar-refractivity contribution is 0.977. The average molecular weight is 205 g/mol. The van der Waals surface area contributed by atoms with Gasteiger partial charge in [-0.15, -0.1) is 0 Å². The molecule has 2 aromatic rings. The van der Waals surface area contributed by atoms with Crippen molar-refractivity contribution in [3.63, 3.8) is 0 Å². The molecule has 3 N–H and O–H groups in total. The number of benzene rings is 1. The van der Waals surface area contributed by atoms with Crippen LogP contribution in [0.1, 0.15) is 5.56 Å². The summed E-state index contributed by atoms with van der Waals surface area (Å²) < 4.78 is 1.94. The first-order chi connectivity index (χ1) is 6.66. The monoisotopic (exact) mass is 205 g/mol. The molecule has 2 rings (SSSR count). The molecule has 14 heavy (non-hydrogen) atoms. The van der Waals surface area contributed by atoms with E-state index in [4.69, 9.17) is 18.1 Å². The number of H-pyrrole nitrogens is 1. The minimum Gasteiger partial charge on any atom is -0.337 e. The summed E-state index contributed by atoms with van der Waals surface area (Å²) in [7, 11) is 0. The highest BCUT2D eigenvalue weighted by Gasteiger charge is 2.00. The molecule has 72 valence electrons. The summed E-state index contributed by atoms with van der Waals surface area (Å²) in [5, 5.41) is 0. The Bertz CT molecular complexity index is 493. The SMILES string of the molecule is Cc1ccc(-c2cn(N)c(=S)[nH]2)cc1. The maximum absolute atomic E-state index is 5.59. The van der Waals surface area contributed by atoms with Gasteiger partial charge in [0.25, 0.3) is 0 Å². The van der Waals surface area contributed by atoms with E-state index in [1.165, 1.54) is 10.2 Å². The number of nitrogens with zero attached hydrogens (tertiary/aromatic N) is 1. The molecular formula is C10H11N3S. The van der Waals surface area contributed by atoms with Gasteiger partial charge < -0.3 is 10.8 Å².